The fourth-order valence-electron chi connectivity index (χ4n) is 2.36. The third-order valence-corrected chi connectivity index (χ3v) is 5.24. The summed E-state index contributed by atoms with van der Waals surface area (Å²) in [6.07, 6.45) is 4.92. The molecule has 0 aliphatic heterocycles. The van der Waals surface area contributed by atoms with Crippen molar-refractivity contribution in [3.05, 3.63) is 0 Å². The van der Waals surface area contributed by atoms with Gasteiger partial charge in [-0.1, -0.05) is 33.6 Å². The summed E-state index contributed by atoms with van der Waals surface area (Å²) in [5, 5.41) is 3.90. The van der Waals surface area contributed by atoms with Crippen LogP contribution in [0.1, 0.15) is 46.5 Å². The average Bonchev–Trinajstić information content (AvgIpc) is 2.18. The van der Waals surface area contributed by atoms with Crippen LogP contribution in [0.4, 0.5) is 0 Å². The highest BCUT2D eigenvalue weighted by Crippen LogP contribution is 2.23. The highest BCUT2D eigenvalue weighted by Gasteiger charge is 2.29. The smallest absolute Gasteiger partial charge is 0.0501 e. The van der Waals surface area contributed by atoms with Crippen LogP contribution in [0, 0.1) is 5.92 Å². The van der Waals surface area contributed by atoms with Gasteiger partial charge in [0.25, 0.3) is 0 Å². The molecular formula is C12H25NOS. The van der Waals surface area contributed by atoms with E-state index in [1.807, 2.05) is 0 Å². The number of nitrogens with one attached hydrogen (secondary N) is 1. The van der Waals surface area contributed by atoms with E-state index in [0.717, 1.165) is 18.7 Å². The van der Waals surface area contributed by atoms with E-state index in [-0.39, 0.29) is 0 Å². The molecular weight excluding hydrogens is 206 g/mol. The Kier molecular flexibility index (Phi) is 5.83. The molecule has 0 spiro atoms. The van der Waals surface area contributed by atoms with Gasteiger partial charge in [-0.05, 0) is 25.3 Å². The van der Waals surface area contributed by atoms with Gasteiger partial charge < -0.3 is 5.32 Å². The molecule has 0 aromatic heterocycles. The molecule has 1 N–H and O–H groups in total. The first-order valence-electron chi connectivity index (χ1n) is 6.25. The molecule has 0 amide bonds. The van der Waals surface area contributed by atoms with Gasteiger partial charge in [-0.3, -0.25) is 4.21 Å². The third-order valence-electron chi connectivity index (χ3n) is 3.00. The van der Waals surface area contributed by atoms with Crippen LogP contribution in [0.3, 0.4) is 0 Å². The highest BCUT2D eigenvalue weighted by atomic mass is 32.2. The third kappa shape index (κ3) is 4.23. The molecule has 0 aromatic rings. The maximum atomic E-state index is 12.2. The standard InChI is InChI=1S/C12H25NOS/c1-4-13-11-7-5-6-8-12(11)15(14)9-10(2)3/h10-13H,4-9H2,1-3H3. The van der Waals surface area contributed by atoms with Crippen LogP contribution in [-0.4, -0.2) is 27.8 Å². The van der Waals surface area contributed by atoms with Gasteiger partial charge in [-0.25, -0.2) is 0 Å². The van der Waals surface area contributed by atoms with Crippen molar-refractivity contribution in [2.75, 3.05) is 12.3 Å². The van der Waals surface area contributed by atoms with Gasteiger partial charge in [0.15, 0.2) is 0 Å². The molecule has 90 valence electrons. The zero-order chi connectivity index (χ0) is 11.3. The Morgan fingerprint density at radius 1 is 1.33 bits per heavy atom. The summed E-state index contributed by atoms with van der Waals surface area (Å²) in [5.74, 6) is 1.42. The summed E-state index contributed by atoms with van der Waals surface area (Å²) < 4.78 is 12.2. The lowest BCUT2D eigenvalue weighted by molar-refractivity contribution is 0.384. The highest BCUT2D eigenvalue weighted by molar-refractivity contribution is 7.85. The molecule has 3 unspecified atom stereocenters. The molecule has 0 aromatic carbocycles. The van der Waals surface area contributed by atoms with Crippen LogP contribution in [0.25, 0.3) is 0 Å². The van der Waals surface area contributed by atoms with E-state index in [2.05, 4.69) is 26.1 Å². The van der Waals surface area contributed by atoms with Crippen molar-refractivity contribution in [3.8, 4) is 0 Å². The average molecular weight is 231 g/mol. The minimum absolute atomic E-state index is 0.404. The van der Waals surface area contributed by atoms with E-state index < -0.39 is 10.8 Å². The van der Waals surface area contributed by atoms with Gasteiger partial charge in [0, 0.05) is 22.6 Å². The summed E-state index contributed by atoms with van der Waals surface area (Å²) in [6, 6.07) is 0.503. The monoisotopic (exact) mass is 231 g/mol. The summed E-state index contributed by atoms with van der Waals surface area (Å²) in [6.45, 7) is 7.45. The topological polar surface area (TPSA) is 29.1 Å². The Hall–Kier alpha value is 0.110. The number of hydrogen-bond acceptors (Lipinski definition) is 2. The van der Waals surface area contributed by atoms with Crippen molar-refractivity contribution in [2.24, 2.45) is 5.92 Å². The Labute approximate surface area is 96.7 Å². The van der Waals surface area contributed by atoms with Gasteiger partial charge >= 0.3 is 0 Å². The van der Waals surface area contributed by atoms with Crippen molar-refractivity contribution in [1.29, 1.82) is 0 Å². The SMILES string of the molecule is CCNC1CCCCC1S(=O)CC(C)C. The van der Waals surface area contributed by atoms with Gasteiger partial charge in [0.1, 0.15) is 0 Å². The van der Waals surface area contributed by atoms with E-state index in [9.17, 15) is 4.21 Å². The lowest BCUT2D eigenvalue weighted by Crippen LogP contribution is -2.45. The Morgan fingerprint density at radius 2 is 2.00 bits per heavy atom. The van der Waals surface area contributed by atoms with Crippen molar-refractivity contribution in [3.63, 3.8) is 0 Å². The molecule has 1 aliphatic carbocycles. The Balaban J connectivity index is 2.51. The Bertz CT molecular complexity index is 204. The molecule has 1 aliphatic rings. The van der Waals surface area contributed by atoms with E-state index >= 15 is 0 Å². The Morgan fingerprint density at radius 3 is 2.60 bits per heavy atom. The van der Waals surface area contributed by atoms with E-state index in [4.69, 9.17) is 0 Å². The first-order chi connectivity index (χ1) is 7.15. The van der Waals surface area contributed by atoms with Crippen LogP contribution in [0.15, 0.2) is 0 Å². The minimum atomic E-state index is -0.631. The fraction of sp³-hybridized carbons (Fsp3) is 1.00. The zero-order valence-corrected chi connectivity index (χ0v) is 11.1. The van der Waals surface area contributed by atoms with Crippen molar-refractivity contribution in [1.82, 2.24) is 5.32 Å². The lowest BCUT2D eigenvalue weighted by Gasteiger charge is -2.31. The first-order valence-corrected chi connectivity index (χ1v) is 7.64. The van der Waals surface area contributed by atoms with Gasteiger partial charge in [-0.2, -0.15) is 0 Å². The van der Waals surface area contributed by atoms with Crippen LogP contribution < -0.4 is 5.32 Å². The minimum Gasteiger partial charge on any atom is -0.313 e. The van der Waals surface area contributed by atoms with Crippen LogP contribution in [0.5, 0.6) is 0 Å². The van der Waals surface area contributed by atoms with Gasteiger partial charge in [0.2, 0.25) is 0 Å². The summed E-state index contributed by atoms with van der Waals surface area (Å²) in [4.78, 5) is 0. The molecule has 3 atom stereocenters. The molecule has 2 nitrogen and oxygen atoms in total. The summed E-state index contributed by atoms with van der Waals surface area (Å²) in [7, 11) is -0.631. The molecule has 3 heteroatoms. The number of hydrogen-bond donors (Lipinski definition) is 1. The van der Waals surface area contributed by atoms with Gasteiger partial charge in [-0.15, -0.1) is 0 Å². The van der Waals surface area contributed by atoms with E-state index in [1.54, 1.807) is 0 Å². The predicted molar refractivity (Wildman–Crippen MR) is 67.6 cm³/mol. The second-order valence-corrected chi connectivity index (χ2v) is 6.63. The first kappa shape index (κ1) is 13.2. The summed E-state index contributed by atoms with van der Waals surface area (Å²) in [5.41, 5.74) is 0. The molecule has 1 fully saturated rings. The second kappa shape index (κ2) is 6.64. The maximum Gasteiger partial charge on any atom is 0.0501 e. The lowest BCUT2D eigenvalue weighted by atomic mass is 9.95. The van der Waals surface area contributed by atoms with Crippen LogP contribution in [0.2, 0.25) is 0 Å². The molecule has 1 saturated carbocycles. The molecule has 15 heavy (non-hydrogen) atoms. The quantitative estimate of drug-likeness (QED) is 0.787. The number of rotatable bonds is 5. The molecule has 0 heterocycles. The zero-order valence-electron chi connectivity index (χ0n) is 10.3. The molecule has 0 radical (unpaired) electrons. The van der Waals surface area contributed by atoms with Gasteiger partial charge in [0.05, 0.1) is 5.25 Å². The van der Waals surface area contributed by atoms with Crippen LogP contribution in [-0.2, 0) is 10.8 Å². The van der Waals surface area contributed by atoms with Crippen molar-refractivity contribution >= 4 is 10.8 Å². The molecule has 0 bridgehead atoms. The van der Waals surface area contributed by atoms with Crippen molar-refractivity contribution in [2.45, 2.75) is 57.7 Å². The summed E-state index contributed by atoms with van der Waals surface area (Å²) >= 11 is 0. The largest absolute Gasteiger partial charge is 0.313 e. The molecule has 1 rings (SSSR count). The maximum absolute atomic E-state index is 12.2. The molecule has 0 saturated heterocycles. The van der Waals surface area contributed by atoms with E-state index in [1.165, 1.54) is 19.3 Å². The normalized spacial score (nSPS) is 29.3. The fourth-order valence-corrected chi connectivity index (χ4v) is 4.29. The van der Waals surface area contributed by atoms with E-state index in [0.29, 0.717) is 17.2 Å². The second-order valence-electron chi connectivity index (χ2n) is 4.93. The van der Waals surface area contributed by atoms with Crippen LogP contribution >= 0.6 is 0 Å². The predicted octanol–water partition coefficient (Wildman–Crippen LogP) is 2.31. The van der Waals surface area contributed by atoms with Crippen molar-refractivity contribution < 1.29 is 4.21 Å².